The fraction of sp³-hybridized carbons (Fsp3) is 0.548. The van der Waals surface area contributed by atoms with Gasteiger partial charge >= 0.3 is 11.9 Å². The van der Waals surface area contributed by atoms with Crippen molar-refractivity contribution >= 4 is 11.9 Å². The first kappa shape index (κ1) is 32.1. The van der Waals surface area contributed by atoms with Crippen molar-refractivity contribution in [3.8, 4) is 11.5 Å². The molecule has 0 saturated carbocycles. The second-order valence-corrected chi connectivity index (χ2v) is 12.3. The molecule has 0 saturated heterocycles. The van der Waals surface area contributed by atoms with E-state index < -0.39 is 30.6 Å². The lowest BCUT2D eigenvalue weighted by molar-refractivity contribution is -0.158. The van der Waals surface area contributed by atoms with E-state index in [1.807, 2.05) is 53.7 Å². The van der Waals surface area contributed by atoms with Crippen molar-refractivity contribution in [2.45, 2.75) is 78.1 Å². The zero-order valence-electron chi connectivity index (χ0n) is 24.0. The average Bonchev–Trinajstić information content (AvgIpc) is 2.86. The number of aromatic hydroxyl groups is 2. The van der Waals surface area contributed by atoms with E-state index in [2.05, 4.69) is 0 Å². The maximum atomic E-state index is 12.4. The Morgan fingerprint density at radius 1 is 0.667 bits per heavy atom. The summed E-state index contributed by atoms with van der Waals surface area (Å²) in [5.74, 6) is -0.617. The van der Waals surface area contributed by atoms with E-state index in [4.69, 9.17) is 9.47 Å². The standard InChI is InChI=1S/C31H44O8/c1-29(2,3)23-15-21(7-11-25(23)34)9-13-27(36)38-19-31(17-32,18-33)20-39-28(37)14-10-22-8-12-26(35)24(16-22)30(4,5)6/h7-8,11-12,15-16,32-35H,9-10,13-14,17-20H2,1-6H3. The molecule has 2 rings (SSSR count). The molecule has 216 valence electrons. The summed E-state index contributed by atoms with van der Waals surface area (Å²) in [4.78, 5) is 24.8. The molecule has 0 bridgehead atoms. The van der Waals surface area contributed by atoms with Crippen LogP contribution in [0.15, 0.2) is 36.4 Å². The number of aryl methyl sites for hydroxylation is 2. The molecule has 0 aliphatic carbocycles. The van der Waals surface area contributed by atoms with Crippen LogP contribution < -0.4 is 0 Å². The SMILES string of the molecule is CC(C)(C)c1cc(CCC(=O)OCC(CO)(CO)COC(=O)CCc2ccc(O)c(C(C)(C)C)c2)ccc1O. The number of benzene rings is 2. The molecule has 0 aliphatic rings. The number of phenolic OH excluding ortho intramolecular Hbond substituents is 2. The van der Waals surface area contributed by atoms with Crippen LogP contribution in [-0.2, 0) is 42.7 Å². The molecule has 0 spiro atoms. The second kappa shape index (κ2) is 13.3. The molecule has 2 aromatic carbocycles. The van der Waals surface area contributed by atoms with Crippen molar-refractivity contribution in [3.63, 3.8) is 0 Å². The third-order valence-corrected chi connectivity index (χ3v) is 6.72. The Balaban J connectivity index is 1.88. The zero-order chi connectivity index (χ0) is 29.4. The molecule has 0 atom stereocenters. The number of ether oxygens (including phenoxy) is 2. The molecule has 8 heteroatoms. The first-order valence-electron chi connectivity index (χ1n) is 13.3. The van der Waals surface area contributed by atoms with E-state index >= 15 is 0 Å². The van der Waals surface area contributed by atoms with Crippen molar-refractivity contribution < 1.29 is 39.5 Å². The summed E-state index contributed by atoms with van der Waals surface area (Å²) < 4.78 is 10.7. The van der Waals surface area contributed by atoms with E-state index in [1.54, 1.807) is 24.3 Å². The summed E-state index contributed by atoms with van der Waals surface area (Å²) in [6.45, 7) is 10.3. The Labute approximate surface area is 231 Å². The molecular weight excluding hydrogens is 500 g/mol. The Hall–Kier alpha value is -3.10. The summed E-state index contributed by atoms with van der Waals surface area (Å²) in [7, 11) is 0. The van der Waals surface area contributed by atoms with Gasteiger partial charge in [0, 0.05) is 12.8 Å². The molecule has 0 heterocycles. The van der Waals surface area contributed by atoms with Crippen LogP contribution in [0.1, 0.15) is 76.6 Å². The van der Waals surface area contributed by atoms with Gasteiger partial charge in [-0.25, -0.2) is 0 Å². The summed E-state index contributed by atoms with van der Waals surface area (Å²) in [5, 5.41) is 40.0. The average molecular weight is 545 g/mol. The summed E-state index contributed by atoms with van der Waals surface area (Å²) >= 11 is 0. The number of phenols is 2. The molecule has 0 aliphatic heterocycles. The highest BCUT2D eigenvalue weighted by molar-refractivity contribution is 5.70. The Morgan fingerprint density at radius 2 is 1.03 bits per heavy atom. The monoisotopic (exact) mass is 544 g/mol. The minimum Gasteiger partial charge on any atom is -0.508 e. The number of hydrogen-bond acceptors (Lipinski definition) is 8. The van der Waals surface area contributed by atoms with E-state index in [9.17, 15) is 30.0 Å². The lowest BCUT2D eigenvalue weighted by Gasteiger charge is -2.28. The number of aliphatic hydroxyl groups is 2. The van der Waals surface area contributed by atoms with Gasteiger partial charge in [-0.2, -0.15) is 0 Å². The van der Waals surface area contributed by atoms with Gasteiger partial charge in [0.05, 0.1) is 18.6 Å². The largest absolute Gasteiger partial charge is 0.508 e. The van der Waals surface area contributed by atoms with E-state index in [1.165, 1.54) is 0 Å². The smallest absolute Gasteiger partial charge is 0.306 e. The first-order valence-corrected chi connectivity index (χ1v) is 13.3. The van der Waals surface area contributed by atoms with Gasteiger partial charge in [0.15, 0.2) is 0 Å². The maximum Gasteiger partial charge on any atom is 0.306 e. The molecule has 8 nitrogen and oxygen atoms in total. The van der Waals surface area contributed by atoms with Gasteiger partial charge < -0.3 is 29.9 Å². The van der Waals surface area contributed by atoms with Gasteiger partial charge in [-0.05, 0) is 58.1 Å². The number of aliphatic hydroxyl groups excluding tert-OH is 2. The Morgan fingerprint density at radius 3 is 1.33 bits per heavy atom. The molecular formula is C31H44O8. The normalized spacial score (nSPS) is 12.3. The first-order chi connectivity index (χ1) is 18.1. The predicted molar refractivity (Wildman–Crippen MR) is 149 cm³/mol. The van der Waals surface area contributed by atoms with Crippen molar-refractivity contribution in [2.24, 2.45) is 5.41 Å². The molecule has 0 radical (unpaired) electrons. The molecule has 0 unspecified atom stereocenters. The van der Waals surface area contributed by atoms with Crippen molar-refractivity contribution in [1.82, 2.24) is 0 Å². The molecule has 4 N–H and O–H groups in total. The predicted octanol–water partition coefficient (Wildman–Crippen LogP) is 4.32. The molecule has 39 heavy (non-hydrogen) atoms. The lowest BCUT2D eigenvalue weighted by Crippen LogP contribution is -2.41. The van der Waals surface area contributed by atoms with Crippen molar-refractivity contribution in [1.29, 1.82) is 0 Å². The van der Waals surface area contributed by atoms with E-state index in [0.29, 0.717) is 12.8 Å². The van der Waals surface area contributed by atoms with Gasteiger partial charge in [0.25, 0.3) is 0 Å². The highest BCUT2D eigenvalue weighted by Crippen LogP contribution is 2.32. The molecule has 0 amide bonds. The maximum absolute atomic E-state index is 12.4. The topological polar surface area (TPSA) is 134 Å². The van der Waals surface area contributed by atoms with Gasteiger partial charge in [0.2, 0.25) is 0 Å². The van der Waals surface area contributed by atoms with E-state index in [-0.39, 0.29) is 48.4 Å². The molecule has 2 aromatic rings. The van der Waals surface area contributed by atoms with Gasteiger partial charge in [-0.1, -0.05) is 65.8 Å². The molecule has 0 aromatic heterocycles. The van der Waals surface area contributed by atoms with E-state index in [0.717, 1.165) is 22.3 Å². The van der Waals surface area contributed by atoms with Crippen LogP contribution in [0.5, 0.6) is 11.5 Å². The number of rotatable bonds is 12. The fourth-order valence-electron chi connectivity index (χ4n) is 4.06. The van der Waals surface area contributed by atoms with Gasteiger partial charge in [0.1, 0.15) is 24.7 Å². The van der Waals surface area contributed by atoms with Crippen LogP contribution in [0, 0.1) is 5.41 Å². The number of carbonyl (C=O) groups excluding carboxylic acids is 2. The van der Waals surface area contributed by atoms with Crippen LogP contribution in [0.2, 0.25) is 0 Å². The number of hydrogen-bond donors (Lipinski definition) is 4. The Bertz CT molecular complexity index is 1030. The van der Waals surface area contributed by atoms with Crippen LogP contribution in [-0.4, -0.2) is 58.8 Å². The zero-order valence-corrected chi connectivity index (χ0v) is 24.0. The minimum absolute atomic E-state index is 0.0737. The fourth-order valence-corrected chi connectivity index (χ4v) is 4.06. The minimum atomic E-state index is -1.32. The van der Waals surface area contributed by atoms with Crippen LogP contribution in [0.25, 0.3) is 0 Å². The van der Waals surface area contributed by atoms with Crippen LogP contribution in [0.4, 0.5) is 0 Å². The Kier molecular flexibility index (Phi) is 11.0. The van der Waals surface area contributed by atoms with Gasteiger partial charge in [-0.15, -0.1) is 0 Å². The van der Waals surface area contributed by atoms with Gasteiger partial charge in [-0.3, -0.25) is 9.59 Å². The second-order valence-electron chi connectivity index (χ2n) is 12.3. The molecule has 0 fully saturated rings. The van der Waals surface area contributed by atoms with Crippen molar-refractivity contribution in [2.75, 3.05) is 26.4 Å². The summed E-state index contributed by atoms with van der Waals surface area (Å²) in [6.07, 6.45) is 0.946. The van der Waals surface area contributed by atoms with Crippen molar-refractivity contribution in [3.05, 3.63) is 58.7 Å². The highest BCUT2D eigenvalue weighted by Gasteiger charge is 2.33. The quantitative estimate of drug-likeness (QED) is 0.291. The van der Waals surface area contributed by atoms with Crippen LogP contribution in [0.3, 0.4) is 0 Å². The summed E-state index contributed by atoms with van der Waals surface area (Å²) in [6, 6.07) is 10.5. The number of esters is 2. The third-order valence-electron chi connectivity index (χ3n) is 6.72. The number of carbonyl (C=O) groups is 2. The third kappa shape index (κ3) is 9.55. The lowest BCUT2D eigenvalue weighted by atomic mass is 9.85. The highest BCUT2D eigenvalue weighted by atomic mass is 16.5. The summed E-state index contributed by atoms with van der Waals surface area (Å²) in [5.41, 5.74) is 1.51. The van der Waals surface area contributed by atoms with Crippen LogP contribution >= 0.6 is 0 Å².